The molecule has 130 valence electrons. The van der Waals surface area contributed by atoms with Crippen LogP contribution in [0.5, 0.6) is 0 Å². The van der Waals surface area contributed by atoms with Crippen molar-refractivity contribution in [1.29, 1.82) is 0 Å². The topological polar surface area (TPSA) is 80.0 Å². The number of nitrogens with one attached hydrogen (secondary N) is 1. The standard InChI is InChI=1S/C18H26N4O2/c1-10(2)22-17-15(8-19-22)14(7-16(21-17)13-5-6-13)18(24)20-12(4)11(3)9-23/h7-8,10-13,23H,5-6,9H2,1-4H3,(H,20,24). The van der Waals surface area contributed by atoms with Gasteiger partial charge in [-0.05, 0) is 45.6 Å². The minimum atomic E-state index is -0.125. The molecule has 1 saturated carbocycles. The molecule has 2 aromatic heterocycles. The molecule has 1 fully saturated rings. The van der Waals surface area contributed by atoms with Gasteiger partial charge < -0.3 is 10.4 Å². The van der Waals surface area contributed by atoms with E-state index in [1.165, 1.54) is 0 Å². The van der Waals surface area contributed by atoms with Crippen molar-refractivity contribution >= 4 is 16.9 Å². The van der Waals surface area contributed by atoms with Gasteiger partial charge in [0, 0.05) is 30.3 Å². The quantitative estimate of drug-likeness (QED) is 0.853. The first-order chi connectivity index (χ1) is 11.4. The summed E-state index contributed by atoms with van der Waals surface area (Å²) < 4.78 is 1.87. The van der Waals surface area contributed by atoms with E-state index in [1.807, 2.05) is 24.6 Å². The Morgan fingerprint density at radius 1 is 1.38 bits per heavy atom. The maximum Gasteiger partial charge on any atom is 0.252 e. The van der Waals surface area contributed by atoms with Crippen LogP contribution in [-0.2, 0) is 0 Å². The largest absolute Gasteiger partial charge is 0.396 e. The first-order valence-corrected chi connectivity index (χ1v) is 8.72. The summed E-state index contributed by atoms with van der Waals surface area (Å²) in [5.41, 5.74) is 2.39. The number of carbonyl (C=O) groups is 1. The number of fused-ring (bicyclic) bond motifs is 1. The first-order valence-electron chi connectivity index (χ1n) is 8.72. The summed E-state index contributed by atoms with van der Waals surface area (Å²) in [6.07, 6.45) is 3.99. The Bertz CT molecular complexity index is 749. The third kappa shape index (κ3) is 3.15. The zero-order chi connectivity index (χ0) is 17.4. The SMILES string of the molecule is CC(CO)C(C)NC(=O)c1cc(C2CC2)nc2c1cnn2C(C)C. The van der Waals surface area contributed by atoms with Gasteiger partial charge in [-0.2, -0.15) is 5.10 Å². The van der Waals surface area contributed by atoms with Crippen LogP contribution in [0, 0.1) is 5.92 Å². The zero-order valence-electron chi connectivity index (χ0n) is 14.8. The Balaban J connectivity index is 2.01. The van der Waals surface area contributed by atoms with Gasteiger partial charge in [-0.1, -0.05) is 6.92 Å². The summed E-state index contributed by atoms with van der Waals surface area (Å²) in [5.74, 6) is 0.346. The molecule has 1 aliphatic carbocycles. The van der Waals surface area contributed by atoms with Gasteiger partial charge in [0.2, 0.25) is 0 Å². The van der Waals surface area contributed by atoms with E-state index < -0.39 is 0 Å². The molecule has 6 heteroatoms. The predicted octanol–water partition coefficient (Wildman–Crippen LogP) is 2.64. The molecule has 2 unspecified atom stereocenters. The van der Waals surface area contributed by atoms with Crippen molar-refractivity contribution in [3.05, 3.63) is 23.5 Å². The fourth-order valence-corrected chi connectivity index (χ4v) is 2.78. The second-order valence-electron chi connectivity index (χ2n) is 7.21. The maximum absolute atomic E-state index is 12.8. The van der Waals surface area contributed by atoms with Crippen molar-refractivity contribution in [3.8, 4) is 0 Å². The van der Waals surface area contributed by atoms with Gasteiger partial charge in [0.15, 0.2) is 5.65 Å². The second-order valence-corrected chi connectivity index (χ2v) is 7.21. The second kappa shape index (κ2) is 6.51. The Hall–Kier alpha value is -1.95. The predicted molar refractivity (Wildman–Crippen MR) is 93.1 cm³/mol. The summed E-state index contributed by atoms with van der Waals surface area (Å²) in [5, 5.41) is 17.5. The number of nitrogens with zero attached hydrogens (tertiary/aromatic N) is 3. The number of aromatic nitrogens is 3. The number of aliphatic hydroxyl groups is 1. The zero-order valence-corrected chi connectivity index (χ0v) is 14.8. The molecule has 2 N–H and O–H groups in total. The summed E-state index contributed by atoms with van der Waals surface area (Å²) >= 11 is 0. The highest BCUT2D eigenvalue weighted by atomic mass is 16.3. The highest BCUT2D eigenvalue weighted by molar-refractivity contribution is 6.05. The fourth-order valence-electron chi connectivity index (χ4n) is 2.78. The molecule has 1 amide bonds. The highest BCUT2D eigenvalue weighted by Crippen LogP contribution is 2.40. The van der Waals surface area contributed by atoms with Crippen LogP contribution in [0.15, 0.2) is 12.3 Å². The molecular formula is C18H26N4O2. The number of pyridine rings is 1. The van der Waals surface area contributed by atoms with Crippen LogP contribution in [-0.4, -0.2) is 38.4 Å². The van der Waals surface area contributed by atoms with E-state index >= 15 is 0 Å². The first kappa shape index (κ1) is 16.9. The number of carbonyl (C=O) groups excluding carboxylic acids is 1. The average Bonchev–Trinajstić information content (AvgIpc) is 3.31. The lowest BCUT2D eigenvalue weighted by atomic mass is 10.0. The lowest BCUT2D eigenvalue weighted by Gasteiger charge is -2.19. The molecule has 0 bridgehead atoms. The number of rotatable bonds is 6. The molecule has 0 radical (unpaired) electrons. The maximum atomic E-state index is 12.8. The molecule has 6 nitrogen and oxygen atoms in total. The Morgan fingerprint density at radius 3 is 2.67 bits per heavy atom. The normalized spacial score (nSPS) is 17.2. The van der Waals surface area contributed by atoms with E-state index in [4.69, 9.17) is 4.98 Å². The van der Waals surface area contributed by atoms with E-state index in [9.17, 15) is 9.90 Å². The van der Waals surface area contributed by atoms with Crippen molar-refractivity contribution in [2.75, 3.05) is 6.61 Å². The van der Waals surface area contributed by atoms with Gasteiger partial charge >= 0.3 is 0 Å². The van der Waals surface area contributed by atoms with Crippen molar-refractivity contribution in [2.24, 2.45) is 5.92 Å². The average molecular weight is 330 g/mol. The molecule has 0 saturated heterocycles. The van der Waals surface area contributed by atoms with Gasteiger partial charge in [-0.25, -0.2) is 9.67 Å². The van der Waals surface area contributed by atoms with Gasteiger partial charge in [0.1, 0.15) is 0 Å². The molecule has 0 aromatic carbocycles. The number of aliphatic hydroxyl groups excluding tert-OH is 1. The van der Waals surface area contributed by atoms with E-state index in [1.54, 1.807) is 6.20 Å². The molecule has 24 heavy (non-hydrogen) atoms. The van der Waals surface area contributed by atoms with Crippen molar-refractivity contribution in [2.45, 2.75) is 58.5 Å². The lowest BCUT2D eigenvalue weighted by molar-refractivity contribution is 0.0918. The van der Waals surface area contributed by atoms with Gasteiger partial charge in [0.25, 0.3) is 5.91 Å². The van der Waals surface area contributed by atoms with Crippen LogP contribution in [0.1, 0.15) is 68.5 Å². The third-order valence-corrected chi connectivity index (χ3v) is 4.82. The fraction of sp³-hybridized carbons (Fsp3) is 0.611. The van der Waals surface area contributed by atoms with Crippen LogP contribution in [0.2, 0.25) is 0 Å². The Kier molecular flexibility index (Phi) is 4.58. The summed E-state index contributed by atoms with van der Waals surface area (Å²) in [6.45, 7) is 7.99. The van der Waals surface area contributed by atoms with Crippen LogP contribution in [0.3, 0.4) is 0 Å². The van der Waals surface area contributed by atoms with Crippen LogP contribution in [0.25, 0.3) is 11.0 Å². The molecule has 2 heterocycles. The van der Waals surface area contributed by atoms with Crippen LogP contribution in [0.4, 0.5) is 0 Å². The van der Waals surface area contributed by atoms with Gasteiger partial charge in [-0.3, -0.25) is 4.79 Å². The number of amides is 1. The Labute approximate surface area is 142 Å². The molecule has 2 aromatic rings. The third-order valence-electron chi connectivity index (χ3n) is 4.82. The number of hydrogen-bond acceptors (Lipinski definition) is 4. The summed E-state index contributed by atoms with van der Waals surface area (Å²) in [6, 6.07) is 2.00. The Morgan fingerprint density at radius 2 is 2.08 bits per heavy atom. The molecule has 1 aliphatic rings. The van der Waals surface area contributed by atoms with Gasteiger partial charge in [-0.15, -0.1) is 0 Å². The van der Waals surface area contributed by atoms with Gasteiger partial charge in [0.05, 0.1) is 17.1 Å². The summed E-state index contributed by atoms with van der Waals surface area (Å²) in [7, 11) is 0. The molecule has 2 atom stereocenters. The lowest BCUT2D eigenvalue weighted by Crippen LogP contribution is -2.38. The van der Waals surface area contributed by atoms with Crippen LogP contribution < -0.4 is 5.32 Å². The number of hydrogen-bond donors (Lipinski definition) is 2. The molecular weight excluding hydrogens is 304 g/mol. The highest BCUT2D eigenvalue weighted by Gasteiger charge is 2.28. The van der Waals surface area contributed by atoms with E-state index in [2.05, 4.69) is 24.3 Å². The monoisotopic (exact) mass is 330 g/mol. The van der Waals surface area contributed by atoms with Crippen LogP contribution >= 0.6 is 0 Å². The van der Waals surface area contributed by atoms with Crippen molar-refractivity contribution in [3.63, 3.8) is 0 Å². The summed E-state index contributed by atoms with van der Waals surface area (Å²) in [4.78, 5) is 17.6. The molecule has 0 spiro atoms. The minimum Gasteiger partial charge on any atom is -0.396 e. The molecule has 0 aliphatic heterocycles. The van der Waals surface area contributed by atoms with E-state index in [0.717, 1.165) is 29.6 Å². The van der Waals surface area contributed by atoms with E-state index in [-0.39, 0.29) is 30.5 Å². The van der Waals surface area contributed by atoms with E-state index in [0.29, 0.717) is 11.5 Å². The smallest absolute Gasteiger partial charge is 0.252 e. The minimum absolute atomic E-state index is 0.00701. The molecule has 3 rings (SSSR count). The van der Waals surface area contributed by atoms with Crippen molar-refractivity contribution < 1.29 is 9.90 Å². The van der Waals surface area contributed by atoms with Crippen molar-refractivity contribution in [1.82, 2.24) is 20.1 Å².